The van der Waals surface area contributed by atoms with Crippen LogP contribution in [0.25, 0.3) is 0 Å². The monoisotopic (exact) mass is 365 g/mol. The van der Waals surface area contributed by atoms with Crippen LogP contribution in [-0.4, -0.2) is 29.5 Å². The molecule has 6 nitrogen and oxygen atoms in total. The highest BCUT2D eigenvalue weighted by molar-refractivity contribution is 7.91. The predicted octanol–water partition coefficient (Wildman–Crippen LogP) is 1.90. The van der Waals surface area contributed by atoms with Crippen LogP contribution in [0.5, 0.6) is 0 Å². The zero-order valence-electron chi connectivity index (χ0n) is 12.8. The third-order valence-corrected chi connectivity index (χ3v) is 6.27. The van der Waals surface area contributed by atoms with E-state index in [1.807, 2.05) is 6.07 Å². The molecule has 0 spiro atoms. The van der Waals surface area contributed by atoms with Gasteiger partial charge in [-0.2, -0.15) is 0 Å². The maximum atomic E-state index is 12.1. The van der Waals surface area contributed by atoms with Gasteiger partial charge in [0.2, 0.25) is 5.28 Å². The molecular weight excluding hydrogens is 350 g/mol. The fourth-order valence-corrected chi connectivity index (χ4v) is 4.42. The lowest BCUT2D eigenvalue weighted by atomic mass is 10.0. The smallest absolute Gasteiger partial charge is 0.252 e. The van der Waals surface area contributed by atoms with Gasteiger partial charge >= 0.3 is 0 Å². The van der Waals surface area contributed by atoms with E-state index < -0.39 is 15.7 Å². The van der Waals surface area contributed by atoms with E-state index in [0.717, 1.165) is 24.0 Å². The molecule has 3 rings (SSSR count). The van der Waals surface area contributed by atoms with E-state index in [4.69, 9.17) is 17.3 Å². The molecule has 1 aliphatic rings. The maximum Gasteiger partial charge on any atom is 0.252 e. The standard InChI is InChI=1S/C16H16ClN3O3S/c17-16-19-8-13(15(18)21)14(20-16)7-10-2-1-3-11(6-10)9-24(22,23)12-4-5-12/h1-3,6,8,12H,4-5,7,9H2,(H2,18,21). The van der Waals surface area contributed by atoms with Gasteiger partial charge in [0.25, 0.3) is 5.91 Å². The van der Waals surface area contributed by atoms with Gasteiger partial charge in [0.1, 0.15) is 0 Å². The summed E-state index contributed by atoms with van der Waals surface area (Å²) in [6, 6.07) is 7.22. The molecule has 0 atom stereocenters. The minimum absolute atomic E-state index is 0.0265. The molecule has 8 heteroatoms. The van der Waals surface area contributed by atoms with E-state index in [-0.39, 0.29) is 21.8 Å². The average molecular weight is 366 g/mol. The Kier molecular flexibility index (Phi) is 4.56. The number of carbonyl (C=O) groups excluding carboxylic acids is 1. The van der Waals surface area contributed by atoms with Crippen molar-refractivity contribution in [1.29, 1.82) is 0 Å². The highest BCUT2D eigenvalue weighted by Gasteiger charge is 2.35. The SMILES string of the molecule is NC(=O)c1cnc(Cl)nc1Cc1cccc(CS(=O)(=O)C2CC2)c1. The second kappa shape index (κ2) is 6.49. The Labute approximate surface area is 145 Å². The van der Waals surface area contributed by atoms with Crippen molar-refractivity contribution < 1.29 is 13.2 Å². The molecule has 1 fully saturated rings. The van der Waals surface area contributed by atoms with Gasteiger partial charge in [-0.1, -0.05) is 24.3 Å². The van der Waals surface area contributed by atoms with E-state index in [9.17, 15) is 13.2 Å². The summed E-state index contributed by atoms with van der Waals surface area (Å²) in [5.41, 5.74) is 7.51. The molecule has 126 valence electrons. The number of halogens is 1. The maximum absolute atomic E-state index is 12.1. The number of benzene rings is 1. The van der Waals surface area contributed by atoms with Crippen LogP contribution in [0.15, 0.2) is 30.5 Å². The third kappa shape index (κ3) is 3.91. The van der Waals surface area contributed by atoms with Crippen molar-refractivity contribution in [3.63, 3.8) is 0 Å². The molecule has 1 heterocycles. The van der Waals surface area contributed by atoms with Gasteiger partial charge in [0.15, 0.2) is 9.84 Å². The van der Waals surface area contributed by atoms with Crippen LogP contribution in [0.1, 0.15) is 40.0 Å². The lowest BCUT2D eigenvalue weighted by molar-refractivity contribution is 0.0998. The number of hydrogen-bond donors (Lipinski definition) is 1. The van der Waals surface area contributed by atoms with Crippen LogP contribution in [0.2, 0.25) is 5.28 Å². The van der Waals surface area contributed by atoms with E-state index >= 15 is 0 Å². The van der Waals surface area contributed by atoms with Crippen molar-refractivity contribution in [2.45, 2.75) is 30.3 Å². The van der Waals surface area contributed by atoms with E-state index in [2.05, 4.69) is 9.97 Å². The van der Waals surface area contributed by atoms with Crippen LogP contribution in [0.3, 0.4) is 0 Å². The zero-order valence-corrected chi connectivity index (χ0v) is 14.3. The van der Waals surface area contributed by atoms with Gasteiger partial charge in [0, 0.05) is 12.6 Å². The van der Waals surface area contributed by atoms with Crippen molar-refractivity contribution in [1.82, 2.24) is 9.97 Å². The zero-order chi connectivity index (χ0) is 17.3. The first kappa shape index (κ1) is 16.9. The van der Waals surface area contributed by atoms with Gasteiger partial charge in [-0.15, -0.1) is 0 Å². The summed E-state index contributed by atoms with van der Waals surface area (Å²) >= 11 is 5.79. The Morgan fingerprint density at radius 3 is 2.67 bits per heavy atom. The molecule has 1 aromatic carbocycles. The summed E-state index contributed by atoms with van der Waals surface area (Å²) in [7, 11) is -3.08. The van der Waals surface area contributed by atoms with Gasteiger partial charge in [-0.05, 0) is 35.6 Å². The van der Waals surface area contributed by atoms with Gasteiger partial charge < -0.3 is 5.73 Å². The molecule has 24 heavy (non-hydrogen) atoms. The number of nitrogens with two attached hydrogens (primary N) is 1. The normalized spacial score (nSPS) is 14.5. The number of amides is 1. The molecule has 0 aliphatic heterocycles. The van der Waals surface area contributed by atoms with Crippen molar-refractivity contribution in [2.24, 2.45) is 5.73 Å². The molecular formula is C16H16ClN3O3S. The summed E-state index contributed by atoms with van der Waals surface area (Å²) in [6.45, 7) is 0. The summed E-state index contributed by atoms with van der Waals surface area (Å²) in [6.07, 6.45) is 3.12. The second-order valence-electron chi connectivity index (χ2n) is 5.87. The molecule has 1 amide bonds. The van der Waals surface area contributed by atoms with Crippen LogP contribution < -0.4 is 5.73 Å². The highest BCUT2D eigenvalue weighted by Crippen LogP contribution is 2.31. The average Bonchev–Trinajstić information content (AvgIpc) is 3.32. The molecule has 1 saturated carbocycles. The number of nitrogens with zero attached hydrogens (tertiary/aromatic N) is 2. The van der Waals surface area contributed by atoms with Gasteiger partial charge in [-0.3, -0.25) is 4.79 Å². The number of aromatic nitrogens is 2. The van der Waals surface area contributed by atoms with Crippen molar-refractivity contribution in [3.8, 4) is 0 Å². The number of primary amides is 1. The van der Waals surface area contributed by atoms with Crippen molar-refractivity contribution >= 4 is 27.3 Å². The van der Waals surface area contributed by atoms with Gasteiger partial charge in [0.05, 0.1) is 22.3 Å². The van der Waals surface area contributed by atoms with Crippen LogP contribution >= 0.6 is 11.6 Å². The van der Waals surface area contributed by atoms with Crippen molar-refractivity contribution in [3.05, 3.63) is 58.1 Å². The molecule has 0 bridgehead atoms. The van der Waals surface area contributed by atoms with Crippen molar-refractivity contribution in [2.75, 3.05) is 0 Å². The molecule has 2 aromatic rings. The first-order valence-electron chi connectivity index (χ1n) is 7.46. The minimum Gasteiger partial charge on any atom is -0.365 e. The third-order valence-electron chi connectivity index (χ3n) is 3.87. The number of hydrogen-bond acceptors (Lipinski definition) is 5. The quantitative estimate of drug-likeness (QED) is 0.787. The molecule has 0 unspecified atom stereocenters. The second-order valence-corrected chi connectivity index (χ2v) is 8.49. The predicted molar refractivity (Wildman–Crippen MR) is 90.5 cm³/mol. The largest absolute Gasteiger partial charge is 0.365 e. The van der Waals surface area contributed by atoms with Crippen LogP contribution in [0.4, 0.5) is 0 Å². The van der Waals surface area contributed by atoms with Gasteiger partial charge in [-0.25, -0.2) is 18.4 Å². The van der Waals surface area contributed by atoms with E-state index in [0.29, 0.717) is 12.1 Å². The molecule has 2 N–H and O–H groups in total. The topological polar surface area (TPSA) is 103 Å². The first-order chi connectivity index (χ1) is 11.3. The summed E-state index contributed by atoms with van der Waals surface area (Å²) < 4.78 is 24.2. The highest BCUT2D eigenvalue weighted by atomic mass is 35.5. The lowest BCUT2D eigenvalue weighted by Gasteiger charge is -2.08. The molecule has 1 aromatic heterocycles. The number of rotatable bonds is 6. The Bertz CT molecular complexity index is 895. The Balaban J connectivity index is 1.85. The summed E-state index contributed by atoms with van der Waals surface area (Å²) in [4.78, 5) is 19.3. The minimum atomic E-state index is -3.08. The fourth-order valence-electron chi connectivity index (χ4n) is 2.53. The van der Waals surface area contributed by atoms with E-state index in [1.165, 1.54) is 6.20 Å². The number of carbonyl (C=O) groups is 1. The Morgan fingerprint density at radius 1 is 1.29 bits per heavy atom. The molecule has 0 radical (unpaired) electrons. The fraction of sp³-hybridized carbons (Fsp3) is 0.312. The van der Waals surface area contributed by atoms with Crippen LogP contribution in [-0.2, 0) is 22.0 Å². The molecule has 1 aliphatic carbocycles. The lowest BCUT2D eigenvalue weighted by Crippen LogP contribution is -2.16. The summed E-state index contributed by atoms with van der Waals surface area (Å²) in [5, 5.41) is -0.161. The van der Waals surface area contributed by atoms with Crippen LogP contribution in [0, 0.1) is 0 Å². The number of sulfone groups is 1. The molecule has 0 saturated heterocycles. The Morgan fingerprint density at radius 2 is 2.00 bits per heavy atom. The summed E-state index contributed by atoms with van der Waals surface area (Å²) in [5.74, 6) is -0.604. The Hall–Kier alpha value is -1.99. The van der Waals surface area contributed by atoms with E-state index in [1.54, 1.807) is 18.2 Å². The first-order valence-corrected chi connectivity index (χ1v) is 9.55.